The van der Waals surface area contributed by atoms with Crippen LogP contribution in [0.2, 0.25) is 0 Å². The summed E-state index contributed by atoms with van der Waals surface area (Å²) in [4.78, 5) is 0. The van der Waals surface area contributed by atoms with Crippen LogP contribution in [0.4, 0.5) is 0 Å². The lowest BCUT2D eigenvalue weighted by Crippen LogP contribution is -2.45. The summed E-state index contributed by atoms with van der Waals surface area (Å²) in [5.74, 6) is 1.74. The third-order valence-electron chi connectivity index (χ3n) is 7.36. The Morgan fingerprint density at radius 1 is 0.568 bits per heavy atom. The summed E-state index contributed by atoms with van der Waals surface area (Å²) in [6.07, 6.45) is 0. The second kappa shape index (κ2) is 9.93. The standard InChI is InChI=1S/C33H53NO3/c1-20(34)33(35,21-16-23(29(2,3)4)27(36-14)24(17-21)30(5,6)7)22-18-25(31(8,9)10)28(37-15)26(19-22)32(11,12)13/h16-20,35H,34H2,1-15H3. The van der Waals surface area contributed by atoms with Crippen molar-refractivity contribution in [1.29, 1.82) is 0 Å². The number of methoxy groups -OCH3 is 2. The average Bonchev–Trinajstić information content (AvgIpc) is 2.73. The van der Waals surface area contributed by atoms with Crippen molar-refractivity contribution in [2.45, 2.75) is 123 Å². The molecule has 0 heterocycles. The molecule has 0 aliphatic carbocycles. The van der Waals surface area contributed by atoms with E-state index in [2.05, 4.69) is 107 Å². The Morgan fingerprint density at radius 2 is 0.784 bits per heavy atom. The Labute approximate surface area is 227 Å². The van der Waals surface area contributed by atoms with Gasteiger partial charge in [-0.1, -0.05) is 83.1 Å². The summed E-state index contributed by atoms with van der Waals surface area (Å²) in [5, 5.41) is 12.7. The normalized spacial score (nSPS) is 14.5. The molecular weight excluding hydrogens is 458 g/mol. The molecule has 0 saturated heterocycles. The SMILES string of the molecule is COc1c(C(C)(C)C)cc(C(O)(c2cc(C(C)(C)C)c(OC)c(C(C)(C)C)c2)C(C)N)cc1C(C)(C)C. The molecule has 0 amide bonds. The second-order valence-corrected chi connectivity index (χ2v) is 14.8. The molecule has 0 fully saturated rings. The third-order valence-corrected chi connectivity index (χ3v) is 7.36. The average molecular weight is 512 g/mol. The van der Waals surface area contributed by atoms with Crippen molar-refractivity contribution in [3.63, 3.8) is 0 Å². The fraction of sp³-hybridized carbons (Fsp3) is 0.636. The van der Waals surface area contributed by atoms with E-state index in [1.54, 1.807) is 14.2 Å². The molecule has 4 nitrogen and oxygen atoms in total. The minimum atomic E-state index is -1.43. The maximum atomic E-state index is 12.7. The molecule has 0 aromatic heterocycles. The van der Waals surface area contributed by atoms with Gasteiger partial charge in [0.05, 0.1) is 14.2 Å². The first-order chi connectivity index (χ1) is 16.5. The predicted octanol–water partition coefficient (Wildman–Crippen LogP) is 7.48. The first-order valence-electron chi connectivity index (χ1n) is 13.5. The quantitative estimate of drug-likeness (QED) is 0.437. The molecule has 2 rings (SSSR count). The van der Waals surface area contributed by atoms with E-state index in [1.807, 2.05) is 6.92 Å². The van der Waals surface area contributed by atoms with Crippen LogP contribution in [0, 0.1) is 0 Å². The molecule has 3 N–H and O–H groups in total. The largest absolute Gasteiger partial charge is 0.496 e. The lowest BCUT2D eigenvalue weighted by Gasteiger charge is -2.39. The van der Waals surface area contributed by atoms with Crippen LogP contribution in [0.25, 0.3) is 0 Å². The number of ether oxygens (including phenoxy) is 2. The Morgan fingerprint density at radius 3 is 0.919 bits per heavy atom. The first-order valence-corrected chi connectivity index (χ1v) is 13.5. The molecule has 208 valence electrons. The molecule has 1 unspecified atom stereocenters. The fourth-order valence-electron chi connectivity index (χ4n) is 5.06. The summed E-state index contributed by atoms with van der Waals surface area (Å²) < 4.78 is 12.0. The minimum Gasteiger partial charge on any atom is -0.496 e. The molecular formula is C33H53NO3. The van der Waals surface area contributed by atoms with Gasteiger partial charge in [-0.2, -0.15) is 0 Å². The van der Waals surface area contributed by atoms with Gasteiger partial charge in [0.2, 0.25) is 0 Å². The molecule has 0 bridgehead atoms. The van der Waals surface area contributed by atoms with Crippen molar-refractivity contribution in [1.82, 2.24) is 0 Å². The first kappa shape index (κ1) is 31.2. The number of nitrogens with two attached hydrogens (primary N) is 1. The van der Waals surface area contributed by atoms with Gasteiger partial charge in [0, 0.05) is 28.3 Å². The van der Waals surface area contributed by atoms with Crippen molar-refractivity contribution >= 4 is 0 Å². The maximum Gasteiger partial charge on any atom is 0.129 e. The van der Waals surface area contributed by atoms with Crippen molar-refractivity contribution in [2.24, 2.45) is 5.73 Å². The van der Waals surface area contributed by atoms with E-state index in [0.29, 0.717) is 0 Å². The van der Waals surface area contributed by atoms with Crippen LogP contribution in [0.15, 0.2) is 24.3 Å². The molecule has 2 aromatic rings. The Hall–Kier alpha value is -2.04. The zero-order valence-electron chi connectivity index (χ0n) is 26.2. The highest BCUT2D eigenvalue weighted by Gasteiger charge is 2.41. The van der Waals surface area contributed by atoms with Gasteiger partial charge in [-0.05, 0) is 64.0 Å². The number of aliphatic hydroxyl groups is 1. The molecule has 0 aliphatic heterocycles. The van der Waals surface area contributed by atoms with Crippen LogP contribution in [0.3, 0.4) is 0 Å². The molecule has 2 aromatic carbocycles. The van der Waals surface area contributed by atoms with E-state index in [-0.39, 0.29) is 21.7 Å². The molecule has 0 saturated carbocycles. The molecule has 4 heteroatoms. The summed E-state index contributed by atoms with van der Waals surface area (Å²) in [5.41, 5.74) is 10.2. The molecule has 0 radical (unpaired) electrons. The van der Waals surface area contributed by atoms with Gasteiger partial charge < -0.3 is 20.3 Å². The molecule has 37 heavy (non-hydrogen) atoms. The summed E-state index contributed by atoms with van der Waals surface area (Å²) in [6.45, 7) is 28.0. The van der Waals surface area contributed by atoms with E-state index in [4.69, 9.17) is 15.2 Å². The maximum absolute atomic E-state index is 12.7. The fourth-order valence-corrected chi connectivity index (χ4v) is 5.06. The smallest absolute Gasteiger partial charge is 0.129 e. The summed E-state index contributed by atoms with van der Waals surface area (Å²) in [7, 11) is 3.46. The van der Waals surface area contributed by atoms with Gasteiger partial charge in [-0.25, -0.2) is 0 Å². The molecule has 0 aliphatic rings. The van der Waals surface area contributed by atoms with E-state index < -0.39 is 11.6 Å². The number of hydrogen-bond donors (Lipinski definition) is 2. The van der Waals surface area contributed by atoms with Gasteiger partial charge in [0.25, 0.3) is 0 Å². The van der Waals surface area contributed by atoms with Gasteiger partial charge in [-0.15, -0.1) is 0 Å². The zero-order chi connectivity index (χ0) is 28.9. The van der Waals surface area contributed by atoms with E-state index in [0.717, 1.165) is 44.9 Å². The van der Waals surface area contributed by atoms with Crippen LogP contribution in [0.1, 0.15) is 123 Å². The highest BCUT2D eigenvalue weighted by molar-refractivity contribution is 5.57. The predicted molar refractivity (Wildman–Crippen MR) is 157 cm³/mol. The highest BCUT2D eigenvalue weighted by atomic mass is 16.5. The van der Waals surface area contributed by atoms with E-state index in [1.165, 1.54) is 0 Å². The van der Waals surface area contributed by atoms with Crippen molar-refractivity contribution < 1.29 is 14.6 Å². The molecule has 0 spiro atoms. The zero-order valence-corrected chi connectivity index (χ0v) is 26.2. The lowest BCUT2D eigenvalue weighted by atomic mass is 9.71. The van der Waals surface area contributed by atoms with Crippen molar-refractivity contribution in [2.75, 3.05) is 14.2 Å². The minimum absolute atomic E-state index is 0.201. The van der Waals surface area contributed by atoms with Crippen LogP contribution < -0.4 is 15.2 Å². The van der Waals surface area contributed by atoms with Gasteiger partial charge in [-0.3, -0.25) is 0 Å². The Bertz CT molecular complexity index is 963. The highest BCUT2D eigenvalue weighted by Crippen LogP contribution is 2.47. The molecule has 1 atom stereocenters. The van der Waals surface area contributed by atoms with Gasteiger partial charge in [0.1, 0.15) is 17.1 Å². The van der Waals surface area contributed by atoms with Crippen molar-refractivity contribution in [3.8, 4) is 11.5 Å². The summed E-state index contributed by atoms with van der Waals surface area (Å²) >= 11 is 0. The number of benzene rings is 2. The van der Waals surface area contributed by atoms with E-state index in [9.17, 15) is 5.11 Å². The Kier molecular flexibility index (Phi) is 8.37. The summed E-state index contributed by atoms with van der Waals surface area (Å²) in [6, 6.07) is 7.80. The van der Waals surface area contributed by atoms with Crippen LogP contribution in [-0.4, -0.2) is 25.4 Å². The van der Waals surface area contributed by atoms with Crippen LogP contribution in [0.5, 0.6) is 11.5 Å². The number of hydrogen-bond acceptors (Lipinski definition) is 4. The van der Waals surface area contributed by atoms with Crippen LogP contribution >= 0.6 is 0 Å². The Balaban J connectivity index is 3.14. The van der Waals surface area contributed by atoms with Crippen LogP contribution in [-0.2, 0) is 27.3 Å². The van der Waals surface area contributed by atoms with Crippen molar-refractivity contribution in [3.05, 3.63) is 57.6 Å². The second-order valence-electron chi connectivity index (χ2n) is 14.8. The van der Waals surface area contributed by atoms with Gasteiger partial charge >= 0.3 is 0 Å². The third kappa shape index (κ3) is 6.01. The topological polar surface area (TPSA) is 64.7 Å². The monoisotopic (exact) mass is 511 g/mol. The van der Waals surface area contributed by atoms with Gasteiger partial charge in [0.15, 0.2) is 0 Å². The number of rotatable bonds is 5. The van der Waals surface area contributed by atoms with E-state index >= 15 is 0 Å². The lowest BCUT2D eigenvalue weighted by molar-refractivity contribution is 0.0571.